The molecule has 0 aliphatic carbocycles. The third kappa shape index (κ3) is 6.75. The number of carbonyl (C=O) groups excluding carboxylic acids is 2. The van der Waals surface area contributed by atoms with Gasteiger partial charge in [-0.05, 0) is 26.3 Å². The first-order valence-corrected chi connectivity index (χ1v) is 8.91. The fourth-order valence-corrected chi connectivity index (χ4v) is 2.52. The van der Waals surface area contributed by atoms with E-state index in [2.05, 4.69) is 15.5 Å². The number of rotatable bonds is 7. The molecule has 0 unspecified atom stereocenters. The van der Waals surface area contributed by atoms with E-state index in [0.29, 0.717) is 6.42 Å². The number of carbonyl (C=O) groups is 2. The molecule has 1 aromatic heterocycles. The molecule has 1 aromatic carbocycles. The van der Waals surface area contributed by atoms with Crippen LogP contribution in [0.15, 0.2) is 40.0 Å². The summed E-state index contributed by atoms with van der Waals surface area (Å²) in [4.78, 5) is 22.7. The van der Waals surface area contributed by atoms with Crippen LogP contribution in [0.1, 0.15) is 38.3 Å². The molecule has 9 heteroatoms. The van der Waals surface area contributed by atoms with E-state index in [1.807, 2.05) is 30.3 Å². The van der Waals surface area contributed by atoms with Gasteiger partial charge in [-0.2, -0.15) is 0 Å². The standard InChI is InChI=1S/C17H21N3O5S/c1-17(2,3)25-15(23)18-12(9-11-7-5-4-6-8-11)14-19-20-16(24-14)26-10-13(21)22/h4-8,12H,9-10H2,1-3H3,(H,18,23)(H,21,22)/p-1/t12-/m0/s1. The number of thioether (sulfide) groups is 1. The van der Waals surface area contributed by atoms with E-state index in [1.165, 1.54) is 0 Å². The van der Waals surface area contributed by atoms with Crippen LogP contribution in [-0.4, -0.2) is 33.6 Å². The molecule has 0 aliphatic heterocycles. The minimum atomic E-state index is -1.23. The molecule has 0 saturated heterocycles. The van der Waals surface area contributed by atoms with Crippen molar-refractivity contribution in [3.05, 3.63) is 41.8 Å². The van der Waals surface area contributed by atoms with Crippen LogP contribution < -0.4 is 10.4 Å². The Hall–Kier alpha value is -2.55. The fourth-order valence-electron chi connectivity index (χ4n) is 2.04. The number of carboxylic acids is 1. The van der Waals surface area contributed by atoms with Crippen molar-refractivity contribution < 1.29 is 23.8 Å². The van der Waals surface area contributed by atoms with Crippen LogP contribution in [0.4, 0.5) is 4.79 Å². The highest BCUT2D eigenvalue weighted by Crippen LogP contribution is 2.22. The molecule has 8 nitrogen and oxygen atoms in total. The first-order valence-electron chi connectivity index (χ1n) is 7.92. The molecule has 140 valence electrons. The molecule has 1 N–H and O–H groups in total. The van der Waals surface area contributed by atoms with Gasteiger partial charge in [0.1, 0.15) is 11.6 Å². The zero-order chi connectivity index (χ0) is 19.2. The highest BCUT2D eigenvalue weighted by atomic mass is 32.2. The van der Waals surface area contributed by atoms with Crippen LogP contribution in [0, 0.1) is 0 Å². The van der Waals surface area contributed by atoms with Gasteiger partial charge in [-0.1, -0.05) is 42.1 Å². The van der Waals surface area contributed by atoms with Crippen LogP contribution in [0.2, 0.25) is 0 Å². The molecule has 1 atom stereocenters. The van der Waals surface area contributed by atoms with Crippen molar-refractivity contribution in [3.8, 4) is 0 Å². The minimum Gasteiger partial charge on any atom is -0.549 e. The average Bonchev–Trinajstić information content (AvgIpc) is 3.00. The summed E-state index contributed by atoms with van der Waals surface area (Å²) in [7, 11) is 0. The van der Waals surface area contributed by atoms with Crippen LogP contribution >= 0.6 is 11.8 Å². The Labute approximate surface area is 155 Å². The normalized spacial score (nSPS) is 12.4. The topological polar surface area (TPSA) is 117 Å². The number of hydrogen-bond donors (Lipinski definition) is 1. The maximum absolute atomic E-state index is 12.1. The molecular weight excluding hydrogens is 358 g/mol. The van der Waals surface area contributed by atoms with Crippen LogP contribution in [0.25, 0.3) is 0 Å². The third-order valence-corrected chi connectivity index (χ3v) is 3.80. The van der Waals surface area contributed by atoms with Gasteiger partial charge in [0.05, 0.1) is 5.97 Å². The summed E-state index contributed by atoms with van der Waals surface area (Å²) in [5.74, 6) is -1.37. The Bertz CT molecular complexity index is 742. The van der Waals surface area contributed by atoms with Gasteiger partial charge in [-0.3, -0.25) is 0 Å². The first kappa shape index (κ1) is 19.8. The number of hydrogen-bond acceptors (Lipinski definition) is 8. The second kappa shape index (κ2) is 8.70. The summed E-state index contributed by atoms with van der Waals surface area (Å²) in [5, 5.41) is 21.1. The van der Waals surface area contributed by atoms with E-state index in [1.54, 1.807) is 20.8 Å². The number of benzene rings is 1. The number of nitrogens with zero attached hydrogens (tertiary/aromatic N) is 2. The largest absolute Gasteiger partial charge is 0.549 e. The van der Waals surface area contributed by atoms with E-state index < -0.39 is 23.7 Å². The molecule has 26 heavy (non-hydrogen) atoms. The second-order valence-corrected chi connectivity index (χ2v) is 7.38. The molecule has 2 rings (SSSR count). The predicted molar refractivity (Wildman–Crippen MR) is 92.3 cm³/mol. The van der Waals surface area contributed by atoms with Gasteiger partial charge in [0, 0.05) is 12.2 Å². The lowest BCUT2D eigenvalue weighted by molar-refractivity contribution is -0.301. The molecular formula is C17H20N3O5S-. The van der Waals surface area contributed by atoms with Crippen LogP contribution in [0.5, 0.6) is 0 Å². The molecule has 1 heterocycles. The van der Waals surface area contributed by atoms with Crippen molar-refractivity contribution >= 4 is 23.8 Å². The molecule has 0 fully saturated rings. The zero-order valence-electron chi connectivity index (χ0n) is 14.7. The average molecular weight is 378 g/mol. The van der Waals surface area contributed by atoms with Crippen LogP contribution in [-0.2, 0) is 16.0 Å². The molecule has 0 radical (unpaired) electrons. The van der Waals surface area contributed by atoms with Gasteiger partial charge in [0.2, 0.25) is 5.89 Å². The van der Waals surface area contributed by atoms with E-state index in [4.69, 9.17) is 9.15 Å². The lowest BCUT2D eigenvalue weighted by Crippen LogP contribution is -2.36. The Kier molecular flexibility index (Phi) is 6.62. The molecule has 2 aromatic rings. The van der Waals surface area contributed by atoms with E-state index in [-0.39, 0.29) is 16.9 Å². The van der Waals surface area contributed by atoms with Crippen molar-refractivity contribution in [3.63, 3.8) is 0 Å². The molecule has 0 saturated carbocycles. The van der Waals surface area contributed by atoms with Crippen molar-refractivity contribution in [1.82, 2.24) is 15.5 Å². The summed E-state index contributed by atoms with van der Waals surface area (Å²) in [6.45, 7) is 5.29. The monoisotopic (exact) mass is 378 g/mol. The number of ether oxygens (including phenoxy) is 1. The van der Waals surface area contributed by atoms with Crippen molar-refractivity contribution in [2.75, 3.05) is 5.75 Å². The third-order valence-electron chi connectivity index (χ3n) is 3.01. The Balaban J connectivity index is 2.14. The summed E-state index contributed by atoms with van der Waals surface area (Å²) in [6.07, 6.45) is -0.201. The van der Waals surface area contributed by atoms with Gasteiger partial charge < -0.3 is 24.4 Å². The summed E-state index contributed by atoms with van der Waals surface area (Å²) < 4.78 is 10.8. The smallest absolute Gasteiger partial charge is 0.408 e. The fraction of sp³-hybridized carbons (Fsp3) is 0.412. The zero-order valence-corrected chi connectivity index (χ0v) is 15.5. The molecule has 0 bridgehead atoms. The molecule has 1 amide bonds. The maximum Gasteiger partial charge on any atom is 0.408 e. The van der Waals surface area contributed by atoms with Gasteiger partial charge in [0.15, 0.2) is 0 Å². The van der Waals surface area contributed by atoms with Crippen molar-refractivity contribution in [2.24, 2.45) is 0 Å². The number of aromatic nitrogens is 2. The number of aliphatic carboxylic acids is 1. The Morgan fingerprint density at radius 2 is 1.96 bits per heavy atom. The van der Waals surface area contributed by atoms with Gasteiger partial charge in [-0.15, -0.1) is 10.2 Å². The van der Waals surface area contributed by atoms with E-state index >= 15 is 0 Å². The lowest BCUT2D eigenvalue weighted by atomic mass is 10.1. The molecule has 0 aliphatic rings. The SMILES string of the molecule is CC(C)(C)OC(=O)N[C@@H](Cc1ccccc1)c1nnc(SCC(=O)[O-])o1. The van der Waals surface area contributed by atoms with Crippen molar-refractivity contribution in [1.29, 1.82) is 0 Å². The Morgan fingerprint density at radius 3 is 2.58 bits per heavy atom. The number of alkyl carbamates (subject to hydrolysis) is 1. The predicted octanol–water partition coefficient (Wildman–Crippen LogP) is 1.72. The van der Waals surface area contributed by atoms with Crippen LogP contribution in [0.3, 0.4) is 0 Å². The summed E-state index contributed by atoms with van der Waals surface area (Å²) in [6, 6.07) is 8.86. The quantitative estimate of drug-likeness (QED) is 0.724. The maximum atomic E-state index is 12.1. The lowest BCUT2D eigenvalue weighted by Gasteiger charge is -2.22. The van der Waals surface area contributed by atoms with Gasteiger partial charge in [0.25, 0.3) is 5.22 Å². The number of carboxylic acid groups (broad SMARTS) is 1. The number of nitrogens with one attached hydrogen (secondary N) is 1. The van der Waals surface area contributed by atoms with E-state index in [0.717, 1.165) is 17.3 Å². The van der Waals surface area contributed by atoms with Crippen molar-refractivity contribution in [2.45, 2.75) is 44.1 Å². The molecule has 0 spiro atoms. The Morgan fingerprint density at radius 1 is 1.27 bits per heavy atom. The van der Waals surface area contributed by atoms with E-state index in [9.17, 15) is 14.7 Å². The number of amides is 1. The minimum absolute atomic E-state index is 0.0910. The highest BCUT2D eigenvalue weighted by molar-refractivity contribution is 7.99. The first-order chi connectivity index (χ1) is 12.2. The second-order valence-electron chi connectivity index (χ2n) is 6.46. The van der Waals surface area contributed by atoms with Gasteiger partial charge in [-0.25, -0.2) is 4.79 Å². The van der Waals surface area contributed by atoms with Gasteiger partial charge >= 0.3 is 6.09 Å². The summed E-state index contributed by atoms with van der Waals surface area (Å²) >= 11 is 0.856. The highest BCUT2D eigenvalue weighted by Gasteiger charge is 2.25. The summed E-state index contributed by atoms with van der Waals surface area (Å²) in [5.41, 5.74) is 0.307.